The zero-order valence-electron chi connectivity index (χ0n) is 13.1. The number of rotatable bonds is 6. The first-order chi connectivity index (χ1) is 9.86. The van der Waals surface area contributed by atoms with E-state index in [9.17, 15) is 4.79 Å². The fourth-order valence-corrected chi connectivity index (χ4v) is 2.46. The molecule has 0 aliphatic heterocycles. The molecule has 1 aromatic carbocycles. The Hall–Kier alpha value is -1.81. The summed E-state index contributed by atoms with van der Waals surface area (Å²) in [4.78, 5) is 13.4. The highest BCUT2D eigenvalue weighted by atomic mass is 16.4. The monoisotopic (exact) mass is 289 g/mol. The van der Waals surface area contributed by atoms with Crippen LogP contribution >= 0.6 is 0 Å². The van der Waals surface area contributed by atoms with Gasteiger partial charge in [0.2, 0.25) is 5.76 Å². The molecule has 1 N–H and O–H groups in total. The minimum Gasteiger partial charge on any atom is -0.475 e. The van der Waals surface area contributed by atoms with Gasteiger partial charge in [-0.1, -0.05) is 19.9 Å². The van der Waals surface area contributed by atoms with Crippen LogP contribution in [0.15, 0.2) is 28.7 Å². The normalized spacial score (nSPS) is 12.0. The summed E-state index contributed by atoms with van der Waals surface area (Å²) in [6.07, 6.45) is 0. The largest absolute Gasteiger partial charge is 0.475 e. The molecule has 0 fully saturated rings. The Morgan fingerprint density at radius 2 is 1.95 bits per heavy atom. The van der Waals surface area contributed by atoms with E-state index in [-0.39, 0.29) is 5.76 Å². The van der Waals surface area contributed by atoms with E-state index in [1.165, 1.54) is 5.56 Å². The SMILES string of the molecule is CC(C)CN(Cc1ccc2oc(C(=O)O)cc2c1)C(C)C. The molecule has 4 nitrogen and oxygen atoms in total. The lowest BCUT2D eigenvalue weighted by Gasteiger charge is -2.28. The maximum atomic E-state index is 10.9. The van der Waals surface area contributed by atoms with Gasteiger partial charge in [-0.05, 0) is 43.5 Å². The molecule has 21 heavy (non-hydrogen) atoms. The number of nitrogens with zero attached hydrogens (tertiary/aromatic N) is 1. The maximum Gasteiger partial charge on any atom is 0.371 e. The molecule has 0 bridgehead atoms. The molecular weight excluding hydrogens is 266 g/mol. The van der Waals surface area contributed by atoms with Gasteiger partial charge in [0.05, 0.1) is 0 Å². The fraction of sp³-hybridized carbons (Fsp3) is 0.471. The molecule has 2 rings (SSSR count). The summed E-state index contributed by atoms with van der Waals surface area (Å²) in [6, 6.07) is 7.93. The van der Waals surface area contributed by atoms with Crippen molar-refractivity contribution in [1.82, 2.24) is 4.90 Å². The number of furan rings is 1. The average molecular weight is 289 g/mol. The van der Waals surface area contributed by atoms with Crippen LogP contribution in [0.5, 0.6) is 0 Å². The van der Waals surface area contributed by atoms with Crippen LogP contribution in [0.3, 0.4) is 0 Å². The second kappa shape index (κ2) is 6.31. The number of hydrogen-bond donors (Lipinski definition) is 1. The first kappa shape index (κ1) is 15.6. The molecule has 0 spiro atoms. The van der Waals surface area contributed by atoms with E-state index >= 15 is 0 Å². The van der Waals surface area contributed by atoms with Gasteiger partial charge in [-0.3, -0.25) is 4.90 Å². The number of aromatic carboxylic acids is 1. The highest BCUT2D eigenvalue weighted by molar-refractivity contribution is 5.91. The highest BCUT2D eigenvalue weighted by Crippen LogP contribution is 2.22. The van der Waals surface area contributed by atoms with E-state index in [0.29, 0.717) is 17.5 Å². The Kier molecular flexibility index (Phi) is 4.68. The number of hydrogen-bond acceptors (Lipinski definition) is 3. The van der Waals surface area contributed by atoms with Gasteiger partial charge >= 0.3 is 5.97 Å². The summed E-state index contributed by atoms with van der Waals surface area (Å²) in [6.45, 7) is 10.7. The summed E-state index contributed by atoms with van der Waals surface area (Å²) in [5, 5.41) is 9.82. The number of carboxylic acids is 1. The van der Waals surface area contributed by atoms with Gasteiger partial charge < -0.3 is 9.52 Å². The topological polar surface area (TPSA) is 53.7 Å². The van der Waals surface area contributed by atoms with E-state index < -0.39 is 5.97 Å². The minimum atomic E-state index is -1.03. The lowest BCUT2D eigenvalue weighted by Crippen LogP contribution is -2.33. The first-order valence-electron chi connectivity index (χ1n) is 7.36. The van der Waals surface area contributed by atoms with Crippen molar-refractivity contribution >= 4 is 16.9 Å². The van der Waals surface area contributed by atoms with Crippen LogP contribution in [-0.4, -0.2) is 28.6 Å². The Bertz CT molecular complexity index is 628. The van der Waals surface area contributed by atoms with Crippen LogP contribution in [0.2, 0.25) is 0 Å². The van der Waals surface area contributed by atoms with Crippen LogP contribution in [0.1, 0.15) is 43.8 Å². The Morgan fingerprint density at radius 1 is 1.24 bits per heavy atom. The van der Waals surface area contributed by atoms with Gasteiger partial charge in [0.1, 0.15) is 5.58 Å². The maximum absolute atomic E-state index is 10.9. The molecule has 0 amide bonds. The molecule has 4 heteroatoms. The first-order valence-corrected chi connectivity index (χ1v) is 7.36. The van der Waals surface area contributed by atoms with Crippen molar-refractivity contribution in [2.24, 2.45) is 5.92 Å². The van der Waals surface area contributed by atoms with Crippen molar-refractivity contribution in [2.75, 3.05) is 6.54 Å². The molecule has 0 unspecified atom stereocenters. The number of carboxylic acid groups (broad SMARTS) is 1. The van der Waals surface area contributed by atoms with Gasteiger partial charge in [-0.25, -0.2) is 4.79 Å². The van der Waals surface area contributed by atoms with Crippen molar-refractivity contribution in [3.8, 4) is 0 Å². The Morgan fingerprint density at radius 3 is 2.52 bits per heavy atom. The van der Waals surface area contributed by atoms with Gasteiger partial charge in [-0.2, -0.15) is 0 Å². The molecule has 2 aromatic rings. The summed E-state index contributed by atoms with van der Waals surface area (Å²) in [7, 11) is 0. The van der Waals surface area contributed by atoms with Crippen LogP contribution in [0.25, 0.3) is 11.0 Å². The van der Waals surface area contributed by atoms with Gasteiger partial charge in [0, 0.05) is 24.5 Å². The standard InChI is InChI=1S/C17H23NO3/c1-11(2)9-18(12(3)4)10-13-5-6-15-14(7-13)8-16(21-15)17(19)20/h5-8,11-12H,9-10H2,1-4H3,(H,19,20). The van der Waals surface area contributed by atoms with Gasteiger partial charge in [-0.15, -0.1) is 0 Å². The molecule has 0 saturated heterocycles. The molecule has 114 valence electrons. The molecule has 1 aromatic heterocycles. The van der Waals surface area contributed by atoms with Crippen LogP contribution in [0, 0.1) is 5.92 Å². The predicted molar refractivity (Wildman–Crippen MR) is 83.6 cm³/mol. The van der Waals surface area contributed by atoms with Crippen molar-refractivity contribution < 1.29 is 14.3 Å². The van der Waals surface area contributed by atoms with Gasteiger partial charge in [0.15, 0.2) is 0 Å². The lowest BCUT2D eigenvalue weighted by atomic mass is 10.1. The van der Waals surface area contributed by atoms with Crippen molar-refractivity contribution in [2.45, 2.75) is 40.3 Å². The van der Waals surface area contributed by atoms with Crippen molar-refractivity contribution in [3.63, 3.8) is 0 Å². The Labute approximate surface area is 125 Å². The summed E-state index contributed by atoms with van der Waals surface area (Å²) in [5.41, 5.74) is 1.80. The average Bonchev–Trinajstić information content (AvgIpc) is 2.80. The zero-order valence-corrected chi connectivity index (χ0v) is 13.1. The predicted octanol–water partition coefficient (Wildman–Crippen LogP) is 4.00. The van der Waals surface area contributed by atoms with E-state index in [1.54, 1.807) is 6.07 Å². The summed E-state index contributed by atoms with van der Waals surface area (Å²) >= 11 is 0. The summed E-state index contributed by atoms with van der Waals surface area (Å²) in [5.74, 6) is -0.426. The smallest absolute Gasteiger partial charge is 0.371 e. The van der Waals surface area contributed by atoms with Crippen LogP contribution < -0.4 is 0 Å². The van der Waals surface area contributed by atoms with Crippen LogP contribution in [0.4, 0.5) is 0 Å². The molecular formula is C17H23NO3. The number of carbonyl (C=O) groups is 1. The second-order valence-corrected chi connectivity index (χ2v) is 6.21. The minimum absolute atomic E-state index is 0.00922. The third-order valence-electron chi connectivity index (χ3n) is 3.51. The molecule has 1 heterocycles. The molecule has 0 aliphatic rings. The van der Waals surface area contributed by atoms with E-state index in [0.717, 1.165) is 18.5 Å². The quantitative estimate of drug-likeness (QED) is 0.873. The van der Waals surface area contributed by atoms with Crippen molar-refractivity contribution in [1.29, 1.82) is 0 Å². The lowest BCUT2D eigenvalue weighted by molar-refractivity contribution is 0.0665. The van der Waals surface area contributed by atoms with E-state index in [4.69, 9.17) is 9.52 Å². The summed E-state index contributed by atoms with van der Waals surface area (Å²) < 4.78 is 5.29. The fourth-order valence-electron chi connectivity index (χ4n) is 2.46. The highest BCUT2D eigenvalue weighted by Gasteiger charge is 2.14. The molecule has 0 atom stereocenters. The number of benzene rings is 1. The number of fused-ring (bicyclic) bond motifs is 1. The van der Waals surface area contributed by atoms with E-state index in [1.807, 2.05) is 18.2 Å². The van der Waals surface area contributed by atoms with Gasteiger partial charge in [0.25, 0.3) is 0 Å². The Balaban J connectivity index is 2.23. The third kappa shape index (κ3) is 3.85. The zero-order chi connectivity index (χ0) is 15.6. The van der Waals surface area contributed by atoms with Crippen LogP contribution in [-0.2, 0) is 6.54 Å². The third-order valence-corrected chi connectivity index (χ3v) is 3.51. The van der Waals surface area contributed by atoms with Crippen molar-refractivity contribution in [3.05, 3.63) is 35.6 Å². The second-order valence-electron chi connectivity index (χ2n) is 6.21. The molecule has 0 saturated carbocycles. The molecule has 0 radical (unpaired) electrons. The van der Waals surface area contributed by atoms with E-state index in [2.05, 4.69) is 32.6 Å². The molecule has 0 aliphatic carbocycles.